The predicted molar refractivity (Wildman–Crippen MR) is 98.5 cm³/mol. The Kier molecular flexibility index (Phi) is 12.1. The summed E-state index contributed by atoms with van der Waals surface area (Å²) in [4.78, 5) is 11.6. The molecule has 4 nitrogen and oxygen atoms in total. The number of hydrogen-bond acceptors (Lipinski definition) is 3. The Hall–Kier alpha value is -1.71. The van der Waals surface area contributed by atoms with Crippen molar-refractivity contribution in [2.24, 2.45) is 5.41 Å². The molecule has 0 aliphatic rings. The minimum Gasteiger partial charge on any atom is -0.513 e. The molecule has 0 spiro atoms. The van der Waals surface area contributed by atoms with Crippen LogP contribution in [0.15, 0.2) is 35.8 Å². The highest BCUT2D eigenvalue weighted by Gasteiger charge is 2.21. The van der Waals surface area contributed by atoms with Gasteiger partial charge in [-0.05, 0) is 30.4 Å². The van der Waals surface area contributed by atoms with Gasteiger partial charge in [-0.15, -0.1) is 0 Å². The van der Waals surface area contributed by atoms with E-state index in [1.807, 2.05) is 6.08 Å². The monoisotopic (exact) mass is 325 g/mol. The van der Waals surface area contributed by atoms with Gasteiger partial charge in [0, 0.05) is 25.7 Å². The first-order valence-electron chi connectivity index (χ1n) is 8.17. The summed E-state index contributed by atoms with van der Waals surface area (Å²) in [5, 5.41) is 17.0. The number of unbranched alkanes of at least 4 members (excludes halogenated alkanes) is 1. The molecule has 0 amide bonds. The Labute approximate surface area is 142 Å². The van der Waals surface area contributed by atoms with Crippen molar-refractivity contribution < 1.29 is 15.0 Å². The van der Waals surface area contributed by atoms with E-state index in [4.69, 9.17) is 5.11 Å². The number of likely N-dealkylation sites (N-methyl/N-ethyl adjacent to an activating group) is 1. The molecule has 0 bridgehead atoms. The predicted octanol–water partition coefficient (Wildman–Crippen LogP) is 5.15. The molecular formula is C19H35NO3. The van der Waals surface area contributed by atoms with Gasteiger partial charge in [0.25, 0.3) is 0 Å². The summed E-state index contributed by atoms with van der Waals surface area (Å²) in [6.45, 7) is 17.2. The van der Waals surface area contributed by atoms with Crippen LogP contribution in [0.1, 0.15) is 60.8 Å². The highest BCUT2D eigenvalue weighted by atomic mass is 16.4. The van der Waals surface area contributed by atoms with Crippen LogP contribution in [0.3, 0.4) is 0 Å². The van der Waals surface area contributed by atoms with Gasteiger partial charge in [0.05, 0.1) is 5.76 Å². The van der Waals surface area contributed by atoms with Gasteiger partial charge in [-0.2, -0.15) is 0 Å². The van der Waals surface area contributed by atoms with Gasteiger partial charge in [0.2, 0.25) is 0 Å². The summed E-state index contributed by atoms with van der Waals surface area (Å²) in [5.74, 6) is -0.425. The fourth-order valence-electron chi connectivity index (χ4n) is 1.72. The molecule has 0 aromatic rings. The summed E-state index contributed by atoms with van der Waals surface area (Å²) >= 11 is 0. The zero-order valence-electron chi connectivity index (χ0n) is 15.9. The largest absolute Gasteiger partial charge is 0.513 e. The molecule has 0 atom stereocenters. The van der Waals surface area contributed by atoms with Gasteiger partial charge < -0.3 is 15.1 Å². The lowest BCUT2D eigenvalue weighted by Crippen LogP contribution is -2.24. The zero-order chi connectivity index (χ0) is 18.6. The third-order valence-electron chi connectivity index (χ3n) is 3.22. The smallest absolute Gasteiger partial charge is 0.303 e. The summed E-state index contributed by atoms with van der Waals surface area (Å²) in [6.07, 6.45) is 6.28. The Morgan fingerprint density at radius 3 is 1.96 bits per heavy atom. The van der Waals surface area contributed by atoms with Gasteiger partial charge in [-0.3, -0.25) is 4.79 Å². The molecule has 0 rings (SSSR count). The van der Waals surface area contributed by atoms with E-state index in [1.165, 1.54) is 12.8 Å². The normalized spacial score (nSPS) is 12.3. The maximum atomic E-state index is 9.37. The molecule has 0 radical (unpaired) electrons. The summed E-state index contributed by atoms with van der Waals surface area (Å²) < 4.78 is 0. The maximum absolute atomic E-state index is 9.37. The van der Waals surface area contributed by atoms with Crippen molar-refractivity contribution >= 4 is 5.97 Å². The quantitative estimate of drug-likeness (QED) is 0.502. The Balaban J connectivity index is 0. The first-order valence-corrected chi connectivity index (χ1v) is 8.17. The Morgan fingerprint density at radius 2 is 1.65 bits per heavy atom. The molecule has 0 unspecified atom stereocenters. The van der Waals surface area contributed by atoms with Crippen molar-refractivity contribution in [2.75, 3.05) is 13.6 Å². The van der Waals surface area contributed by atoms with Crippen LogP contribution in [-0.2, 0) is 4.79 Å². The molecule has 0 saturated heterocycles. The van der Waals surface area contributed by atoms with Crippen molar-refractivity contribution in [2.45, 2.75) is 60.8 Å². The minimum atomic E-state index is -0.745. The molecule has 0 fully saturated rings. The molecule has 0 aromatic heterocycles. The second-order valence-electron chi connectivity index (χ2n) is 6.61. The maximum Gasteiger partial charge on any atom is 0.303 e. The average Bonchev–Trinajstić information content (AvgIpc) is 2.43. The first-order chi connectivity index (χ1) is 10.5. The molecular weight excluding hydrogens is 290 g/mol. The van der Waals surface area contributed by atoms with Crippen LogP contribution in [0.25, 0.3) is 0 Å². The number of aliphatic hydroxyl groups excluding tert-OH is 1. The zero-order valence-corrected chi connectivity index (χ0v) is 15.9. The van der Waals surface area contributed by atoms with Crippen molar-refractivity contribution in [3.05, 3.63) is 35.8 Å². The highest BCUT2D eigenvalue weighted by molar-refractivity contribution is 5.66. The van der Waals surface area contributed by atoms with Crippen LogP contribution in [0.2, 0.25) is 0 Å². The number of rotatable bonds is 7. The molecule has 0 aromatic carbocycles. The van der Waals surface area contributed by atoms with Crippen LogP contribution >= 0.6 is 0 Å². The lowest BCUT2D eigenvalue weighted by atomic mass is 9.84. The van der Waals surface area contributed by atoms with E-state index >= 15 is 0 Å². The van der Waals surface area contributed by atoms with Crippen molar-refractivity contribution in [3.63, 3.8) is 0 Å². The van der Waals surface area contributed by atoms with Crippen molar-refractivity contribution in [1.82, 2.24) is 4.90 Å². The molecule has 0 saturated carbocycles. The topological polar surface area (TPSA) is 60.8 Å². The third kappa shape index (κ3) is 12.5. The summed E-state index contributed by atoms with van der Waals surface area (Å²) in [7, 11) is 2.08. The van der Waals surface area contributed by atoms with Crippen LogP contribution in [0.4, 0.5) is 0 Å². The number of carboxylic acids is 1. The average molecular weight is 325 g/mol. The van der Waals surface area contributed by atoms with Gasteiger partial charge in [-0.1, -0.05) is 53.7 Å². The SMILES string of the molecule is C=C(/C(=C\C=C(/C)O)C(C)(C)C)N(C)CCCC.CCC(=O)O. The highest BCUT2D eigenvalue weighted by Crippen LogP contribution is 2.32. The Bertz CT molecular complexity index is 424. The number of carboxylic acid groups (broad SMARTS) is 1. The summed E-state index contributed by atoms with van der Waals surface area (Å²) in [6, 6.07) is 0. The van der Waals surface area contributed by atoms with Crippen molar-refractivity contribution in [1.29, 1.82) is 0 Å². The van der Waals surface area contributed by atoms with E-state index in [9.17, 15) is 9.90 Å². The lowest BCUT2D eigenvalue weighted by molar-refractivity contribution is -0.136. The molecule has 0 aliphatic heterocycles. The molecule has 4 heteroatoms. The number of allylic oxidation sites excluding steroid dienone is 4. The second kappa shape index (κ2) is 11.8. The van der Waals surface area contributed by atoms with Crippen LogP contribution in [0, 0.1) is 5.41 Å². The van der Waals surface area contributed by atoms with E-state index in [-0.39, 0.29) is 11.8 Å². The van der Waals surface area contributed by atoms with E-state index < -0.39 is 5.97 Å². The molecule has 134 valence electrons. The number of carbonyl (C=O) groups is 1. The van der Waals surface area contributed by atoms with Gasteiger partial charge in [0.15, 0.2) is 0 Å². The lowest BCUT2D eigenvalue weighted by Gasteiger charge is -2.31. The van der Waals surface area contributed by atoms with Gasteiger partial charge in [0.1, 0.15) is 0 Å². The van der Waals surface area contributed by atoms with Crippen molar-refractivity contribution in [3.8, 4) is 0 Å². The van der Waals surface area contributed by atoms with E-state index in [0.29, 0.717) is 5.76 Å². The van der Waals surface area contributed by atoms with E-state index in [2.05, 4.69) is 46.2 Å². The third-order valence-corrected chi connectivity index (χ3v) is 3.22. The number of aliphatic carboxylic acids is 1. The van der Waals surface area contributed by atoms with Crippen LogP contribution < -0.4 is 0 Å². The fraction of sp³-hybridized carbons (Fsp3) is 0.632. The minimum absolute atomic E-state index is 0.0174. The summed E-state index contributed by atoms with van der Waals surface area (Å²) in [5.41, 5.74) is 2.21. The number of nitrogens with zero attached hydrogens (tertiary/aromatic N) is 1. The Morgan fingerprint density at radius 1 is 1.17 bits per heavy atom. The van der Waals surface area contributed by atoms with Crippen LogP contribution in [0.5, 0.6) is 0 Å². The first kappa shape index (κ1) is 23.6. The van der Waals surface area contributed by atoms with Gasteiger partial charge in [-0.25, -0.2) is 0 Å². The van der Waals surface area contributed by atoms with Crippen LogP contribution in [-0.4, -0.2) is 34.7 Å². The second-order valence-corrected chi connectivity index (χ2v) is 6.61. The van der Waals surface area contributed by atoms with E-state index in [1.54, 1.807) is 19.9 Å². The van der Waals surface area contributed by atoms with Gasteiger partial charge >= 0.3 is 5.97 Å². The van der Waals surface area contributed by atoms with E-state index in [0.717, 1.165) is 17.8 Å². The fourth-order valence-corrected chi connectivity index (χ4v) is 1.72. The molecule has 2 N–H and O–H groups in total. The number of aliphatic hydroxyl groups is 1. The molecule has 23 heavy (non-hydrogen) atoms. The molecule has 0 aliphatic carbocycles. The standard InChI is InChI=1S/C16H29NO.C3H6O2/c1-8-9-12-17(7)14(3)15(16(4,5)6)11-10-13(2)18;1-2-3(4)5/h10-11,18H,3,8-9,12H2,1-2,4-7H3;2H2,1H3,(H,4,5)/b13-10+,15-11+;. The number of hydrogen-bond donors (Lipinski definition) is 2. The molecule has 0 heterocycles.